The second-order valence-corrected chi connectivity index (χ2v) is 4.34. The van der Waals surface area contributed by atoms with Gasteiger partial charge in [0.2, 0.25) is 0 Å². The van der Waals surface area contributed by atoms with E-state index in [-0.39, 0.29) is 6.61 Å². The molecule has 3 nitrogen and oxygen atoms in total. The van der Waals surface area contributed by atoms with Gasteiger partial charge < -0.3 is 10.1 Å². The fraction of sp³-hybridized carbons (Fsp3) is 0.188. The van der Waals surface area contributed by atoms with Crippen molar-refractivity contribution in [3.05, 3.63) is 65.0 Å². The molecule has 102 valence electrons. The van der Waals surface area contributed by atoms with Gasteiger partial charge in [0.1, 0.15) is 18.2 Å². The number of hydrogen-bond donors (Lipinski definition) is 1. The maximum atomic E-state index is 13.7. The summed E-state index contributed by atoms with van der Waals surface area (Å²) < 4.78 is 19.4. The minimum absolute atomic E-state index is 0.137. The first-order valence-electron chi connectivity index (χ1n) is 6.28. The van der Waals surface area contributed by atoms with E-state index in [1.54, 1.807) is 12.1 Å². The second kappa shape index (κ2) is 6.69. The van der Waals surface area contributed by atoms with Gasteiger partial charge in [-0.1, -0.05) is 24.3 Å². The van der Waals surface area contributed by atoms with Crippen LogP contribution in [0.3, 0.4) is 0 Å². The van der Waals surface area contributed by atoms with Gasteiger partial charge in [0, 0.05) is 17.7 Å². The highest BCUT2D eigenvalue weighted by molar-refractivity contribution is 5.35. The van der Waals surface area contributed by atoms with Crippen LogP contribution in [0.1, 0.15) is 16.7 Å². The molecule has 2 aromatic carbocycles. The summed E-state index contributed by atoms with van der Waals surface area (Å²) in [5.74, 6) is 0.306. The zero-order valence-electron chi connectivity index (χ0n) is 11.2. The quantitative estimate of drug-likeness (QED) is 0.908. The van der Waals surface area contributed by atoms with Crippen LogP contribution in [0.15, 0.2) is 42.5 Å². The molecule has 0 aliphatic carbocycles. The predicted molar refractivity (Wildman–Crippen MR) is 74.7 cm³/mol. The molecule has 0 bridgehead atoms. The van der Waals surface area contributed by atoms with Gasteiger partial charge in [-0.2, -0.15) is 5.26 Å². The highest BCUT2D eigenvalue weighted by Gasteiger charge is 2.06. The highest BCUT2D eigenvalue weighted by Crippen LogP contribution is 2.20. The Balaban J connectivity index is 2.11. The largest absolute Gasteiger partial charge is 0.488 e. The molecule has 0 aliphatic rings. The van der Waals surface area contributed by atoms with Gasteiger partial charge in [-0.05, 0) is 25.2 Å². The molecule has 0 aliphatic heterocycles. The standard InChI is InChI=1S/C16H15FN2O/c1-19-10-13-4-2-3-5-16(13)20-11-14-7-6-12(9-18)8-15(14)17/h2-8,19H,10-11H2,1H3. The first-order chi connectivity index (χ1) is 9.74. The molecule has 20 heavy (non-hydrogen) atoms. The van der Waals surface area contributed by atoms with Crippen LogP contribution in [-0.4, -0.2) is 7.05 Å². The third-order valence-electron chi connectivity index (χ3n) is 2.91. The molecule has 2 aromatic rings. The van der Waals surface area contributed by atoms with Crippen LogP contribution in [-0.2, 0) is 13.2 Å². The van der Waals surface area contributed by atoms with Crippen LogP contribution in [0.2, 0.25) is 0 Å². The predicted octanol–water partition coefficient (Wildman–Crippen LogP) is 3.00. The SMILES string of the molecule is CNCc1ccccc1OCc1ccc(C#N)cc1F. The Labute approximate surface area is 117 Å². The minimum atomic E-state index is -0.421. The van der Waals surface area contributed by atoms with E-state index in [9.17, 15) is 4.39 Å². The Kier molecular flexibility index (Phi) is 4.70. The van der Waals surface area contributed by atoms with Crippen molar-refractivity contribution in [1.82, 2.24) is 5.32 Å². The maximum absolute atomic E-state index is 13.7. The first kappa shape index (κ1) is 14.0. The number of nitrogens with zero attached hydrogens (tertiary/aromatic N) is 1. The van der Waals surface area contributed by atoms with Crippen molar-refractivity contribution < 1.29 is 9.13 Å². The summed E-state index contributed by atoms with van der Waals surface area (Å²) in [6.45, 7) is 0.824. The van der Waals surface area contributed by atoms with E-state index in [4.69, 9.17) is 10.00 Å². The van der Waals surface area contributed by atoms with Gasteiger partial charge in [-0.25, -0.2) is 4.39 Å². The number of ether oxygens (including phenoxy) is 1. The van der Waals surface area contributed by atoms with Crippen LogP contribution in [0.5, 0.6) is 5.75 Å². The fourth-order valence-electron chi connectivity index (χ4n) is 1.87. The molecule has 0 aromatic heterocycles. The third kappa shape index (κ3) is 3.34. The zero-order chi connectivity index (χ0) is 14.4. The van der Waals surface area contributed by atoms with E-state index < -0.39 is 5.82 Å². The summed E-state index contributed by atoms with van der Waals surface area (Å²) >= 11 is 0. The highest BCUT2D eigenvalue weighted by atomic mass is 19.1. The van der Waals surface area contributed by atoms with E-state index in [1.165, 1.54) is 6.07 Å². The molecule has 4 heteroatoms. The van der Waals surface area contributed by atoms with E-state index >= 15 is 0 Å². The van der Waals surface area contributed by atoms with Crippen molar-refractivity contribution in [3.8, 4) is 11.8 Å². The smallest absolute Gasteiger partial charge is 0.131 e. The third-order valence-corrected chi connectivity index (χ3v) is 2.91. The van der Waals surface area contributed by atoms with Gasteiger partial charge >= 0.3 is 0 Å². The second-order valence-electron chi connectivity index (χ2n) is 4.34. The van der Waals surface area contributed by atoms with Gasteiger partial charge in [0.15, 0.2) is 0 Å². The number of hydrogen-bond acceptors (Lipinski definition) is 3. The first-order valence-corrected chi connectivity index (χ1v) is 6.28. The molecule has 0 atom stereocenters. The van der Waals surface area contributed by atoms with Crippen molar-refractivity contribution in [2.24, 2.45) is 0 Å². The molecular formula is C16H15FN2O. The number of rotatable bonds is 5. The molecule has 0 spiro atoms. The van der Waals surface area contributed by atoms with Crippen molar-refractivity contribution in [2.75, 3.05) is 7.05 Å². The molecular weight excluding hydrogens is 255 g/mol. The van der Waals surface area contributed by atoms with Crippen LogP contribution in [0.25, 0.3) is 0 Å². The van der Waals surface area contributed by atoms with Gasteiger partial charge in [0.05, 0.1) is 11.6 Å². The molecule has 2 rings (SSSR count). The molecule has 0 heterocycles. The van der Waals surface area contributed by atoms with Crippen LogP contribution in [0.4, 0.5) is 4.39 Å². The Morgan fingerprint density at radius 1 is 1.20 bits per heavy atom. The van der Waals surface area contributed by atoms with Gasteiger partial charge in [0.25, 0.3) is 0 Å². The molecule has 0 unspecified atom stereocenters. The Morgan fingerprint density at radius 2 is 2.00 bits per heavy atom. The Bertz CT molecular complexity index is 635. The van der Waals surface area contributed by atoms with Crippen molar-refractivity contribution in [3.63, 3.8) is 0 Å². The van der Waals surface area contributed by atoms with E-state index in [0.29, 0.717) is 17.7 Å². The molecule has 0 amide bonds. The number of para-hydroxylation sites is 1. The van der Waals surface area contributed by atoms with Crippen LogP contribution < -0.4 is 10.1 Å². The average molecular weight is 270 g/mol. The Morgan fingerprint density at radius 3 is 2.70 bits per heavy atom. The summed E-state index contributed by atoms with van der Waals surface area (Å²) in [7, 11) is 1.86. The number of halogens is 1. The molecule has 0 saturated carbocycles. The molecule has 0 fully saturated rings. The minimum Gasteiger partial charge on any atom is -0.488 e. The lowest BCUT2D eigenvalue weighted by molar-refractivity contribution is 0.296. The van der Waals surface area contributed by atoms with Gasteiger partial charge in [-0.3, -0.25) is 0 Å². The molecule has 1 N–H and O–H groups in total. The molecule has 0 saturated heterocycles. The number of benzene rings is 2. The van der Waals surface area contributed by atoms with E-state index in [1.807, 2.05) is 37.4 Å². The fourth-order valence-corrected chi connectivity index (χ4v) is 1.87. The van der Waals surface area contributed by atoms with Crippen LogP contribution >= 0.6 is 0 Å². The zero-order valence-corrected chi connectivity index (χ0v) is 11.2. The lowest BCUT2D eigenvalue weighted by Gasteiger charge is -2.11. The van der Waals surface area contributed by atoms with Crippen molar-refractivity contribution >= 4 is 0 Å². The average Bonchev–Trinajstić information content (AvgIpc) is 2.47. The lowest BCUT2D eigenvalue weighted by atomic mass is 10.1. The maximum Gasteiger partial charge on any atom is 0.131 e. The number of nitrogens with one attached hydrogen (secondary N) is 1. The summed E-state index contributed by atoms with van der Waals surface area (Å²) in [6, 6.07) is 13.9. The monoisotopic (exact) mass is 270 g/mol. The summed E-state index contributed by atoms with van der Waals surface area (Å²) in [5.41, 5.74) is 1.76. The lowest BCUT2D eigenvalue weighted by Crippen LogP contribution is -2.08. The van der Waals surface area contributed by atoms with Crippen LogP contribution in [0, 0.1) is 17.1 Å². The summed E-state index contributed by atoms with van der Waals surface area (Å²) in [4.78, 5) is 0. The summed E-state index contributed by atoms with van der Waals surface area (Å²) in [5, 5.41) is 11.8. The Hall–Kier alpha value is -2.38. The molecule has 0 radical (unpaired) electrons. The van der Waals surface area contributed by atoms with Gasteiger partial charge in [-0.15, -0.1) is 0 Å². The van der Waals surface area contributed by atoms with E-state index in [0.717, 1.165) is 11.3 Å². The normalized spacial score (nSPS) is 10.1. The number of nitriles is 1. The summed E-state index contributed by atoms with van der Waals surface area (Å²) in [6.07, 6.45) is 0. The van der Waals surface area contributed by atoms with Crippen molar-refractivity contribution in [2.45, 2.75) is 13.2 Å². The topological polar surface area (TPSA) is 45.0 Å². The van der Waals surface area contributed by atoms with E-state index in [2.05, 4.69) is 5.32 Å². The van der Waals surface area contributed by atoms with Crippen molar-refractivity contribution in [1.29, 1.82) is 5.26 Å².